The van der Waals surface area contributed by atoms with Gasteiger partial charge in [-0.3, -0.25) is 9.69 Å². The van der Waals surface area contributed by atoms with E-state index in [9.17, 15) is 15.0 Å². The van der Waals surface area contributed by atoms with Crippen molar-refractivity contribution in [2.45, 2.75) is 54.6 Å². The second-order valence-corrected chi connectivity index (χ2v) is 9.50. The number of nitrogens with zero attached hydrogens (tertiary/aromatic N) is 2. The van der Waals surface area contributed by atoms with Crippen molar-refractivity contribution < 1.29 is 19.7 Å². The predicted molar refractivity (Wildman–Crippen MR) is 96.3 cm³/mol. The van der Waals surface area contributed by atoms with E-state index in [-0.39, 0.29) is 41.9 Å². The summed E-state index contributed by atoms with van der Waals surface area (Å²) >= 11 is 0. The second-order valence-electron chi connectivity index (χ2n) is 9.50. The first-order chi connectivity index (χ1) is 13.1. The standard InChI is InChI=1S/C21H24N2O4/c24-16-9-27-14-8-17(25)23-13-4-2-1-3-11(13)20-5-6-22-10-21(16,26)12(7-15(20)22)18(14)19(20)23/h1-4,12,14-16,18-19,24,26H,5-10H2/t12-,14+,15+,16?,18+,19+,20-,21?/m1/s1. The van der Waals surface area contributed by atoms with Crippen LogP contribution in [0.2, 0.25) is 0 Å². The molecule has 8 atom stereocenters. The number of aliphatic hydroxyl groups excluding tert-OH is 1. The van der Waals surface area contributed by atoms with Gasteiger partial charge in [0, 0.05) is 35.5 Å². The van der Waals surface area contributed by atoms with Gasteiger partial charge in [-0.2, -0.15) is 0 Å². The third kappa shape index (κ3) is 1.49. The van der Waals surface area contributed by atoms with Gasteiger partial charge in [0.15, 0.2) is 0 Å². The van der Waals surface area contributed by atoms with E-state index in [2.05, 4.69) is 23.1 Å². The van der Waals surface area contributed by atoms with Crippen LogP contribution in [0.3, 0.4) is 0 Å². The van der Waals surface area contributed by atoms with Crippen molar-refractivity contribution in [1.29, 1.82) is 0 Å². The largest absolute Gasteiger partial charge is 0.388 e. The zero-order valence-electron chi connectivity index (χ0n) is 15.1. The summed E-state index contributed by atoms with van der Waals surface area (Å²) in [5, 5.41) is 22.4. The van der Waals surface area contributed by atoms with Crippen molar-refractivity contribution in [2.75, 3.05) is 24.6 Å². The van der Waals surface area contributed by atoms with Crippen LogP contribution in [0.1, 0.15) is 24.8 Å². The number of aliphatic hydroxyl groups is 2. The number of hydrogen-bond donors (Lipinski definition) is 2. The molecular formula is C21H24N2O4. The van der Waals surface area contributed by atoms with Crippen LogP contribution < -0.4 is 4.90 Å². The molecule has 27 heavy (non-hydrogen) atoms. The number of anilines is 1. The molecule has 5 aliphatic heterocycles. The number of ether oxygens (including phenoxy) is 1. The molecule has 1 saturated carbocycles. The van der Waals surface area contributed by atoms with Crippen molar-refractivity contribution >= 4 is 11.6 Å². The highest BCUT2D eigenvalue weighted by atomic mass is 16.5. The second kappa shape index (κ2) is 4.57. The molecule has 2 bridgehead atoms. The van der Waals surface area contributed by atoms with Crippen LogP contribution in [0, 0.1) is 11.8 Å². The summed E-state index contributed by atoms with van der Waals surface area (Å²) in [6, 6.07) is 8.78. The molecule has 5 heterocycles. The Balaban J connectivity index is 1.53. The number of benzene rings is 1. The van der Waals surface area contributed by atoms with Crippen LogP contribution in [0.4, 0.5) is 5.69 Å². The molecule has 4 saturated heterocycles. The number of para-hydroxylation sites is 1. The minimum absolute atomic E-state index is 0.0256. The molecule has 0 radical (unpaired) electrons. The molecule has 5 fully saturated rings. The Morgan fingerprint density at radius 3 is 3.00 bits per heavy atom. The number of carbonyl (C=O) groups excluding carboxylic acids is 1. The molecule has 6 heteroatoms. The minimum Gasteiger partial charge on any atom is -0.388 e. The maximum Gasteiger partial charge on any atom is 0.229 e. The first kappa shape index (κ1) is 15.5. The highest BCUT2D eigenvalue weighted by Crippen LogP contribution is 2.66. The fourth-order valence-electron chi connectivity index (χ4n) is 7.95. The van der Waals surface area contributed by atoms with Crippen LogP contribution in [0.5, 0.6) is 0 Å². The Labute approximate surface area is 157 Å². The van der Waals surface area contributed by atoms with E-state index in [1.54, 1.807) is 0 Å². The van der Waals surface area contributed by atoms with E-state index in [1.165, 1.54) is 5.56 Å². The average molecular weight is 368 g/mol. The SMILES string of the molecule is O=C1C[C@@H]2OCC(O)C3(O)CN4CC[C@]56c7ccccc7N1[C@H]5[C@H]2[C@H]3C[C@H]46. The van der Waals surface area contributed by atoms with Crippen LogP contribution in [0.15, 0.2) is 24.3 Å². The fraction of sp³-hybridized carbons (Fsp3) is 0.667. The van der Waals surface area contributed by atoms with Crippen LogP contribution in [0.25, 0.3) is 0 Å². The number of piperidine rings is 2. The normalized spacial score (nSPS) is 51.9. The van der Waals surface area contributed by atoms with Gasteiger partial charge in [-0.25, -0.2) is 0 Å². The Hall–Kier alpha value is -1.47. The molecule has 1 aliphatic carbocycles. The van der Waals surface area contributed by atoms with Crippen molar-refractivity contribution in [3.05, 3.63) is 29.8 Å². The predicted octanol–water partition coefficient (Wildman–Crippen LogP) is 0.258. The number of amides is 1. The van der Waals surface area contributed by atoms with E-state index in [1.807, 2.05) is 11.0 Å². The van der Waals surface area contributed by atoms with Crippen molar-refractivity contribution in [3.8, 4) is 0 Å². The quantitative estimate of drug-likeness (QED) is 0.687. The molecule has 1 aromatic rings. The van der Waals surface area contributed by atoms with Gasteiger partial charge in [0.05, 0.1) is 25.2 Å². The molecule has 0 aromatic heterocycles. The third-order valence-electron chi connectivity index (χ3n) is 8.84. The number of carbonyl (C=O) groups is 1. The molecule has 6 aliphatic rings. The van der Waals surface area contributed by atoms with Gasteiger partial charge in [-0.1, -0.05) is 18.2 Å². The first-order valence-corrected chi connectivity index (χ1v) is 10.2. The molecule has 142 valence electrons. The summed E-state index contributed by atoms with van der Waals surface area (Å²) in [6.07, 6.45) is 1.14. The molecule has 1 aromatic carbocycles. The van der Waals surface area contributed by atoms with Crippen LogP contribution in [-0.2, 0) is 14.9 Å². The monoisotopic (exact) mass is 368 g/mol. The molecule has 7 rings (SSSR count). The summed E-state index contributed by atoms with van der Waals surface area (Å²) in [5.74, 6) is 0.181. The lowest BCUT2D eigenvalue weighted by molar-refractivity contribution is -0.184. The van der Waals surface area contributed by atoms with E-state index in [0.717, 1.165) is 25.1 Å². The summed E-state index contributed by atoms with van der Waals surface area (Å²) in [4.78, 5) is 17.7. The van der Waals surface area contributed by atoms with Gasteiger partial charge < -0.3 is 19.8 Å². The lowest BCUT2D eigenvalue weighted by atomic mass is 9.51. The van der Waals surface area contributed by atoms with E-state index in [0.29, 0.717) is 19.0 Å². The lowest BCUT2D eigenvalue weighted by Crippen LogP contribution is -2.74. The van der Waals surface area contributed by atoms with E-state index in [4.69, 9.17) is 4.74 Å². The average Bonchev–Trinajstić information content (AvgIpc) is 3.17. The molecule has 2 N–H and O–H groups in total. The molecular weight excluding hydrogens is 344 g/mol. The third-order valence-corrected chi connectivity index (χ3v) is 8.84. The molecule has 2 unspecified atom stereocenters. The number of fused-ring (bicyclic) bond motifs is 2. The van der Waals surface area contributed by atoms with Gasteiger partial charge in [0.2, 0.25) is 5.91 Å². The zero-order valence-corrected chi connectivity index (χ0v) is 15.1. The number of hydrogen-bond acceptors (Lipinski definition) is 5. The van der Waals surface area contributed by atoms with E-state index < -0.39 is 11.7 Å². The highest BCUT2D eigenvalue weighted by molar-refractivity contribution is 5.99. The van der Waals surface area contributed by atoms with Gasteiger partial charge in [0.25, 0.3) is 0 Å². The minimum atomic E-state index is -1.15. The van der Waals surface area contributed by atoms with Gasteiger partial charge in [-0.05, 0) is 31.0 Å². The van der Waals surface area contributed by atoms with Crippen molar-refractivity contribution in [3.63, 3.8) is 0 Å². The maximum atomic E-state index is 13.2. The van der Waals surface area contributed by atoms with Crippen molar-refractivity contribution in [1.82, 2.24) is 4.90 Å². The van der Waals surface area contributed by atoms with E-state index >= 15 is 0 Å². The molecule has 6 nitrogen and oxygen atoms in total. The first-order valence-electron chi connectivity index (χ1n) is 10.2. The summed E-state index contributed by atoms with van der Waals surface area (Å²) in [7, 11) is 0. The Morgan fingerprint density at radius 2 is 2.11 bits per heavy atom. The summed E-state index contributed by atoms with van der Waals surface area (Å²) in [5.41, 5.74) is 1.16. The lowest BCUT2D eigenvalue weighted by Gasteiger charge is -2.62. The maximum absolute atomic E-state index is 13.2. The Morgan fingerprint density at radius 1 is 1.26 bits per heavy atom. The van der Waals surface area contributed by atoms with Crippen molar-refractivity contribution in [2.24, 2.45) is 11.8 Å². The van der Waals surface area contributed by atoms with Gasteiger partial charge in [0.1, 0.15) is 11.7 Å². The van der Waals surface area contributed by atoms with Crippen LogP contribution in [-0.4, -0.2) is 70.6 Å². The van der Waals surface area contributed by atoms with Crippen LogP contribution >= 0.6 is 0 Å². The molecule has 1 amide bonds. The topological polar surface area (TPSA) is 73.2 Å². The highest BCUT2D eigenvalue weighted by Gasteiger charge is 2.74. The molecule has 1 spiro atoms. The Bertz CT molecular complexity index is 875. The summed E-state index contributed by atoms with van der Waals surface area (Å²) in [6.45, 7) is 1.55. The summed E-state index contributed by atoms with van der Waals surface area (Å²) < 4.78 is 6.09. The number of rotatable bonds is 0. The van der Waals surface area contributed by atoms with Gasteiger partial charge >= 0.3 is 0 Å². The Kier molecular flexibility index (Phi) is 2.61. The fourth-order valence-corrected chi connectivity index (χ4v) is 7.95. The smallest absolute Gasteiger partial charge is 0.229 e. The zero-order chi connectivity index (χ0) is 18.1. The van der Waals surface area contributed by atoms with Gasteiger partial charge in [-0.15, -0.1) is 0 Å².